The molecule has 1 aromatic carbocycles. The van der Waals surface area contributed by atoms with Crippen molar-refractivity contribution in [2.75, 3.05) is 31.1 Å². The number of nitrogens with zero attached hydrogens (tertiary/aromatic N) is 1. The van der Waals surface area contributed by atoms with Crippen molar-refractivity contribution in [3.8, 4) is 0 Å². The van der Waals surface area contributed by atoms with Crippen LogP contribution in [0.3, 0.4) is 0 Å². The quantitative estimate of drug-likeness (QED) is 0.640. The van der Waals surface area contributed by atoms with Crippen molar-refractivity contribution in [1.82, 2.24) is 4.90 Å². The molecule has 0 bridgehead atoms. The first-order valence-electron chi connectivity index (χ1n) is 6.20. The number of alkyl halides is 3. The Morgan fingerprint density at radius 2 is 1.84 bits per heavy atom. The molecular weight excluding hydrogens is 273 g/mol. The number of hydrogen-bond donors (Lipinski definition) is 1. The standard InChI is InChI=1S/C13H19F3N2S/c1-3-18(4-2)7-8-19-12-6-5-10(9-11(12)17)13(14,15)16/h5-6,9H,3-4,7-8,17H2,1-2H3. The zero-order valence-electron chi connectivity index (χ0n) is 11.1. The van der Waals surface area contributed by atoms with Gasteiger partial charge in [-0.3, -0.25) is 0 Å². The number of anilines is 1. The van der Waals surface area contributed by atoms with Crippen LogP contribution in [0.4, 0.5) is 18.9 Å². The third kappa shape index (κ3) is 4.95. The van der Waals surface area contributed by atoms with E-state index < -0.39 is 11.7 Å². The van der Waals surface area contributed by atoms with Crippen molar-refractivity contribution in [3.05, 3.63) is 23.8 Å². The Morgan fingerprint density at radius 1 is 1.21 bits per heavy atom. The average molecular weight is 292 g/mol. The van der Waals surface area contributed by atoms with Gasteiger partial charge in [-0.1, -0.05) is 13.8 Å². The molecule has 0 aromatic heterocycles. The number of hydrogen-bond acceptors (Lipinski definition) is 3. The Bertz CT molecular complexity index is 403. The molecule has 0 unspecified atom stereocenters. The fourth-order valence-corrected chi connectivity index (χ4v) is 2.64. The van der Waals surface area contributed by atoms with Crippen LogP contribution in [0.2, 0.25) is 0 Å². The zero-order valence-corrected chi connectivity index (χ0v) is 11.9. The van der Waals surface area contributed by atoms with Gasteiger partial charge in [-0.15, -0.1) is 11.8 Å². The summed E-state index contributed by atoms with van der Waals surface area (Å²) >= 11 is 1.49. The number of halogens is 3. The summed E-state index contributed by atoms with van der Waals surface area (Å²) in [6.45, 7) is 7.01. The molecule has 2 N–H and O–H groups in total. The fourth-order valence-electron chi connectivity index (χ4n) is 1.68. The second-order valence-corrected chi connectivity index (χ2v) is 5.26. The second kappa shape index (κ2) is 7.05. The molecule has 0 spiro atoms. The molecule has 0 heterocycles. The first-order chi connectivity index (χ1) is 8.88. The van der Waals surface area contributed by atoms with Crippen LogP contribution in [-0.4, -0.2) is 30.3 Å². The van der Waals surface area contributed by atoms with Crippen LogP contribution in [-0.2, 0) is 6.18 Å². The van der Waals surface area contributed by atoms with Gasteiger partial charge >= 0.3 is 6.18 Å². The van der Waals surface area contributed by atoms with Gasteiger partial charge in [0.05, 0.1) is 5.56 Å². The van der Waals surface area contributed by atoms with E-state index in [4.69, 9.17) is 5.73 Å². The first kappa shape index (κ1) is 16.2. The largest absolute Gasteiger partial charge is 0.416 e. The Kier molecular flexibility index (Phi) is 6.00. The normalized spacial score (nSPS) is 12.1. The predicted molar refractivity (Wildman–Crippen MR) is 74.4 cm³/mol. The minimum atomic E-state index is -4.33. The van der Waals surface area contributed by atoms with Crippen molar-refractivity contribution in [2.24, 2.45) is 0 Å². The molecule has 2 nitrogen and oxygen atoms in total. The average Bonchev–Trinajstić information content (AvgIpc) is 2.35. The SMILES string of the molecule is CCN(CC)CCSc1ccc(C(F)(F)F)cc1N. The lowest BCUT2D eigenvalue weighted by molar-refractivity contribution is -0.137. The van der Waals surface area contributed by atoms with Gasteiger partial charge in [0.2, 0.25) is 0 Å². The van der Waals surface area contributed by atoms with E-state index in [-0.39, 0.29) is 5.69 Å². The second-order valence-electron chi connectivity index (χ2n) is 4.13. The van der Waals surface area contributed by atoms with Gasteiger partial charge in [0.15, 0.2) is 0 Å². The van der Waals surface area contributed by atoms with Crippen LogP contribution in [0, 0.1) is 0 Å². The van der Waals surface area contributed by atoms with Crippen LogP contribution >= 0.6 is 11.8 Å². The maximum atomic E-state index is 12.5. The Morgan fingerprint density at radius 3 is 2.32 bits per heavy atom. The highest BCUT2D eigenvalue weighted by Crippen LogP contribution is 2.34. The van der Waals surface area contributed by atoms with Gasteiger partial charge in [-0.05, 0) is 31.3 Å². The van der Waals surface area contributed by atoms with Gasteiger partial charge in [0.25, 0.3) is 0 Å². The van der Waals surface area contributed by atoms with Crippen LogP contribution < -0.4 is 5.73 Å². The molecule has 0 amide bonds. The number of thioether (sulfide) groups is 1. The van der Waals surface area contributed by atoms with Gasteiger partial charge in [-0.25, -0.2) is 0 Å². The first-order valence-corrected chi connectivity index (χ1v) is 7.18. The number of benzene rings is 1. The molecule has 19 heavy (non-hydrogen) atoms. The summed E-state index contributed by atoms with van der Waals surface area (Å²) in [5, 5.41) is 0. The van der Waals surface area contributed by atoms with Crippen molar-refractivity contribution >= 4 is 17.4 Å². The molecule has 0 saturated heterocycles. The van der Waals surface area contributed by atoms with Crippen molar-refractivity contribution in [3.63, 3.8) is 0 Å². The van der Waals surface area contributed by atoms with Crippen LogP contribution in [0.5, 0.6) is 0 Å². The van der Waals surface area contributed by atoms with Crippen LogP contribution in [0.25, 0.3) is 0 Å². The minimum Gasteiger partial charge on any atom is -0.398 e. The summed E-state index contributed by atoms with van der Waals surface area (Å²) in [7, 11) is 0. The summed E-state index contributed by atoms with van der Waals surface area (Å²) in [6, 6.07) is 3.53. The maximum absolute atomic E-state index is 12.5. The molecule has 0 aliphatic carbocycles. The third-order valence-corrected chi connectivity index (χ3v) is 3.97. The molecule has 0 radical (unpaired) electrons. The van der Waals surface area contributed by atoms with Gasteiger partial charge in [0, 0.05) is 22.9 Å². The lowest BCUT2D eigenvalue weighted by Crippen LogP contribution is -2.25. The maximum Gasteiger partial charge on any atom is 0.416 e. The highest BCUT2D eigenvalue weighted by Gasteiger charge is 2.30. The smallest absolute Gasteiger partial charge is 0.398 e. The van der Waals surface area contributed by atoms with Gasteiger partial charge < -0.3 is 10.6 Å². The number of nitrogen functional groups attached to an aromatic ring is 1. The molecule has 0 aliphatic heterocycles. The van der Waals surface area contributed by atoms with Crippen molar-refractivity contribution in [2.45, 2.75) is 24.9 Å². The lowest BCUT2D eigenvalue weighted by atomic mass is 10.2. The summed E-state index contributed by atoms with van der Waals surface area (Å²) in [5.41, 5.74) is 5.16. The molecule has 1 rings (SSSR count). The summed E-state index contributed by atoms with van der Waals surface area (Å²) in [5.74, 6) is 0.817. The van der Waals surface area contributed by atoms with E-state index in [1.807, 2.05) is 0 Å². The van der Waals surface area contributed by atoms with E-state index in [0.717, 1.165) is 37.5 Å². The van der Waals surface area contributed by atoms with E-state index in [1.54, 1.807) is 0 Å². The van der Waals surface area contributed by atoms with Gasteiger partial charge in [0.1, 0.15) is 0 Å². The van der Waals surface area contributed by atoms with Gasteiger partial charge in [-0.2, -0.15) is 13.2 Å². The molecule has 0 saturated carbocycles. The molecular formula is C13H19F3N2S. The summed E-state index contributed by atoms with van der Waals surface area (Å²) in [6.07, 6.45) is -4.33. The molecule has 0 atom stereocenters. The minimum absolute atomic E-state index is 0.194. The Labute approximate surface area is 116 Å². The molecule has 1 aromatic rings. The monoisotopic (exact) mass is 292 g/mol. The van der Waals surface area contributed by atoms with E-state index >= 15 is 0 Å². The molecule has 0 fully saturated rings. The zero-order chi connectivity index (χ0) is 14.5. The van der Waals surface area contributed by atoms with E-state index in [1.165, 1.54) is 17.8 Å². The molecule has 0 aliphatic rings. The highest BCUT2D eigenvalue weighted by molar-refractivity contribution is 7.99. The van der Waals surface area contributed by atoms with Crippen LogP contribution in [0.15, 0.2) is 23.1 Å². The van der Waals surface area contributed by atoms with E-state index in [2.05, 4.69) is 18.7 Å². The summed E-state index contributed by atoms with van der Waals surface area (Å²) < 4.78 is 37.4. The Balaban J connectivity index is 2.61. The summed E-state index contributed by atoms with van der Waals surface area (Å²) in [4.78, 5) is 2.97. The number of rotatable bonds is 6. The Hall–Kier alpha value is -0.880. The number of nitrogens with two attached hydrogens (primary N) is 1. The third-order valence-electron chi connectivity index (χ3n) is 2.90. The highest BCUT2D eigenvalue weighted by atomic mass is 32.2. The lowest BCUT2D eigenvalue weighted by Gasteiger charge is -2.17. The van der Waals surface area contributed by atoms with Crippen molar-refractivity contribution < 1.29 is 13.2 Å². The van der Waals surface area contributed by atoms with Crippen LogP contribution in [0.1, 0.15) is 19.4 Å². The van der Waals surface area contributed by atoms with E-state index in [0.29, 0.717) is 4.90 Å². The topological polar surface area (TPSA) is 29.3 Å². The van der Waals surface area contributed by atoms with Crippen molar-refractivity contribution in [1.29, 1.82) is 0 Å². The molecule has 108 valence electrons. The predicted octanol–water partition coefficient (Wildman–Crippen LogP) is 3.72. The fraction of sp³-hybridized carbons (Fsp3) is 0.538. The molecule has 6 heteroatoms. The van der Waals surface area contributed by atoms with E-state index in [9.17, 15) is 13.2 Å².